The number of nitrogens with zero attached hydrogens (tertiary/aromatic N) is 3. The number of aryl methyl sites for hydroxylation is 1. The lowest BCUT2D eigenvalue weighted by molar-refractivity contribution is -0.182. The van der Waals surface area contributed by atoms with Crippen LogP contribution in [0.25, 0.3) is 0 Å². The minimum Gasteiger partial charge on any atom is -0.371 e. The van der Waals surface area contributed by atoms with E-state index in [1.165, 1.54) is 48.5 Å². The summed E-state index contributed by atoms with van der Waals surface area (Å²) in [5, 5.41) is 0.759. The van der Waals surface area contributed by atoms with Crippen molar-refractivity contribution in [3.63, 3.8) is 0 Å². The number of rotatable bonds is 10. The van der Waals surface area contributed by atoms with E-state index in [2.05, 4.69) is 46.3 Å². The number of hydrogen-bond acceptors (Lipinski definition) is 5. The maximum absolute atomic E-state index is 6.63. The van der Waals surface area contributed by atoms with E-state index in [4.69, 9.17) is 21.1 Å². The van der Waals surface area contributed by atoms with Crippen molar-refractivity contribution in [2.75, 3.05) is 30.3 Å². The third kappa shape index (κ3) is 6.62. The van der Waals surface area contributed by atoms with E-state index in [9.17, 15) is 0 Å². The number of para-hydroxylation sites is 1. The summed E-state index contributed by atoms with van der Waals surface area (Å²) in [5.41, 5.74) is 2.62. The number of imidazole rings is 1. The minimum atomic E-state index is -0.638. The molecule has 7 heteroatoms. The van der Waals surface area contributed by atoms with Crippen LogP contribution >= 0.6 is 23.4 Å². The second-order valence-electron chi connectivity index (χ2n) is 9.48. The fraction of sp³-hybridized carbons (Fsp3) is 0.464. The molecule has 35 heavy (non-hydrogen) atoms. The number of thioether (sulfide) groups is 1. The van der Waals surface area contributed by atoms with Gasteiger partial charge in [-0.15, -0.1) is 11.8 Å². The summed E-state index contributed by atoms with van der Waals surface area (Å²) in [6.45, 7) is 3.61. The number of hydrogen-bond donors (Lipinski definition) is 0. The number of piperidine rings is 1. The Hall–Kier alpha value is -1.99. The average molecular weight is 512 g/mol. The van der Waals surface area contributed by atoms with E-state index in [-0.39, 0.29) is 6.10 Å². The molecule has 0 amide bonds. The van der Waals surface area contributed by atoms with Crippen LogP contribution in [0.5, 0.6) is 0 Å². The Morgan fingerprint density at radius 3 is 2.69 bits per heavy atom. The van der Waals surface area contributed by atoms with Gasteiger partial charge in [0.1, 0.15) is 0 Å². The summed E-state index contributed by atoms with van der Waals surface area (Å²) in [6, 6.07) is 16.9. The predicted molar refractivity (Wildman–Crippen MR) is 143 cm³/mol. The van der Waals surface area contributed by atoms with Crippen molar-refractivity contribution in [2.45, 2.75) is 61.9 Å². The van der Waals surface area contributed by atoms with Crippen molar-refractivity contribution in [1.82, 2.24) is 9.55 Å². The van der Waals surface area contributed by atoms with Gasteiger partial charge in [-0.3, -0.25) is 0 Å². The highest BCUT2D eigenvalue weighted by Gasteiger charge is 2.41. The van der Waals surface area contributed by atoms with Gasteiger partial charge in [-0.25, -0.2) is 4.98 Å². The zero-order valence-electron chi connectivity index (χ0n) is 20.2. The highest BCUT2D eigenvalue weighted by atomic mass is 35.5. The van der Waals surface area contributed by atoms with Gasteiger partial charge in [0, 0.05) is 47.6 Å². The first-order valence-corrected chi connectivity index (χ1v) is 14.0. The molecule has 2 saturated heterocycles. The van der Waals surface area contributed by atoms with Crippen molar-refractivity contribution >= 4 is 29.1 Å². The molecule has 2 aliphatic heterocycles. The number of aromatic nitrogens is 2. The highest BCUT2D eigenvalue weighted by molar-refractivity contribution is 7.99. The average Bonchev–Trinajstić information content (AvgIpc) is 3.55. The largest absolute Gasteiger partial charge is 0.371 e. The molecule has 0 aliphatic carbocycles. The molecule has 3 aromatic rings. The van der Waals surface area contributed by atoms with Crippen molar-refractivity contribution in [2.24, 2.45) is 0 Å². The summed E-state index contributed by atoms with van der Waals surface area (Å²) in [6.07, 6.45) is 12.3. The molecular weight excluding hydrogens is 478 g/mol. The first-order valence-electron chi connectivity index (χ1n) is 12.7. The molecule has 1 aromatic heterocycles. The van der Waals surface area contributed by atoms with Crippen LogP contribution in [-0.2, 0) is 22.4 Å². The van der Waals surface area contributed by atoms with Crippen molar-refractivity contribution in [3.8, 4) is 0 Å². The van der Waals surface area contributed by atoms with Gasteiger partial charge in [-0.05, 0) is 61.9 Å². The van der Waals surface area contributed by atoms with Crippen molar-refractivity contribution in [3.05, 3.63) is 77.8 Å². The Bertz CT molecular complexity index is 1060. The summed E-state index contributed by atoms with van der Waals surface area (Å²) in [7, 11) is 0. The lowest BCUT2D eigenvalue weighted by Crippen LogP contribution is -2.36. The SMILES string of the molecule is Clc1ccc(CC[C@]2(Cn3ccnc3)OC[C@H](CCSc3ccccc3N3CCCCC3)O2)cc1. The topological polar surface area (TPSA) is 39.5 Å². The summed E-state index contributed by atoms with van der Waals surface area (Å²) in [5.74, 6) is 0.374. The van der Waals surface area contributed by atoms with Crippen LogP contribution in [0, 0.1) is 0 Å². The molecule has 2 atom stereocenters. The first-order chi connectivity index (χ1) is 17.2. The van der Waals surface area contributed by atoms with E-state index < -0.39 is 5.79 Å². The van der Waals surface area contributed by atoms with Crippen LogP contribution in [0.15, 0.2) is 72.1 Å². The maximum atomic E-state index is 6.63. The van der Waals surface area contributed by atoms with Crippen LogP contribution in [0.2, 0.25) is 5.02 Å². The van der Waals surface area contributed by atoms with Gasteiger partial charge in [0.15, 0.2) is 5.79 Å². The Morgan fingerprint density at radius 1 is 1.06 bits per heavy atom. The second kappa shape index (κ2) is 11.8. The minimum absolute atomic E-state index is 0.0957. The molecule has 2 aliphatic rings. The molecule has 0 radical (unpaired) electrons. The van der Waals surface area contributed by atoms with E-state index in [1.807, 2.05) is 41.0 Å². The molecule has 0 N–H and O–H groups in total. The molecule has 186 valence electrons. The number of ether oxygens (including phenoxy) is 2. The number of anilines is 1. The van der Waals surface area contributed by atoms with Gasteiger partial charge in [-0.2, -0.15) is 0 Å². The summed E-state index contributed by atoms with van der Waals surface area (Å²) < 4.78 is 15.1. The Morgan fingerprint density at radius 2 is 1.89 bits per heavy atom. The number of benzene rings is 2. The Kier molecular flexibility index (Phi) is 8.35. The Balaban J connectivity index is 1.19. The molecule has 0 saturated carbocycles. The van der Waals surface area contributed by atoms with E-state index in [1.54, 1.807) is 6.20 Å². The molecule has 5 nitrogen and oxygen atoms in total. The third-order valence-electron chi connectivity index (χ3n) is 6.86. The molecule has 0 bridgehead atoms. The fourth-order valence-electron chi connectivity index (χ4n) is 4.97. The normalized spacial score (nSPS) is 22.5. The zero-order chi connectivity index (χ0) is 23.9. The van der Waals surface area contributed by atoms with Crippen molar-refractivity contribution in [1.29, 1.82) is 0 Å². The smallest absolute Gasteiger partial charge is 0.187 e. The molecule has 2 aromatic carbocycles. The number of halogens is 1. The van der Waals surface area contributed by atoms with Gasteiger partial charge in [0.2, 0.25) is 0 Å². The van der Waals surface area contributed by atoms with Gasteiger partial charge in [-0.1, -0.05) is 35.9 Å². The molecule has 2 fully saturated rings. The van der Waals surface area contributed by atoms with Crippen LogP contribution in [-0.4, -0.2) is 46.9 Å². The lowest BCUT2D eigenvalue weighted by atomic mass is 10.0. The van der Waals surface area contributed by atoms with Gasteiger partial charge >= 0.3 is 0 Å². The molecule has 3 heterocycles. The van der Waals surface area contributed by atoms with E-state index in [0.29, 0.717) is 13.2 Å². The zero-order valence-corrected chi connectivity index (χ0v) is 21.7. The van der Waals surface area contributed by atoms with Gasteiger partial charge < -0.3 is 18.9 Å². The maximum Gasteiger partial charge on any atom is 0.187 e. The molecule has 5 rings (SSSR count). The van der Waals surface area contributed by atoms with E-state index >= 15 is 0 Å². The van der Waals surface area contributed by atoms with Crippen LogP contribution < -0.4 is 4.90 Å². The standard InChI is InChI=1S/C28H34ClN3O2S/c29-24-10-8-23(9-11-24)12-14-28(21-31-18-15-30-22-31)33-20-25(34-28)13-19-35-27-7-3-2-6-26(27)32-16-4-1-5-17-32/h2-3,6-11,15,18,22,25H,1,4-5,12-14,16-17,19-21H2/t25-,28-/m0/s1. The first kappa shape index (κ1) is 24.7. The second-order valence-corrected chi connectivity index (χ2v) is 11.0. The fourth-order valence-corrected chi connectivity index (χ4v) is 6.22. The quantitative estimate of drug-likeness (QED) is 0.292. The summed E-state index contributed by atoms with van der Waals surface area (Å²) in [4.78, 5) is 8.13. The van der Waals surface area contributed by atoms with Crippen LogP contribution in [0.4, 0.5) is 5.69 Å². The van der Waals surface area contributed by atoms with Crippen LogP contribution in [0.1, 0.15) is 37.7 Å². The third-order valence-corrected chi connectivity index (χ3v) is 8.21. The lowest BCUT2D eigenvalue weighted by Gasteiger charge is -2.30. The Labute approximate surface area is 217 Å². The predicted octanol–water partition coefficient (Wildman–Crippen LogP) is 6.45. The van der Waals surface area contributed by atoms with Crippen LogP contribution in [0.3, 0.4) is 0 Å². The highest BCUT2D eigenvalue weighted by Crippen LogP contribution is 2.35. The van der Waals surface area contributed by atoms with Gasteiger partial charge in [0.25, 0.3) is 0 Å². The molecule has 0 spiro atoms. The van der Waals surface area contributed by atoms with E-state index in [0.717, 1.165) is 30.0 Å². The molecular formula is C28H34ClN3O2S. The van der Waals surface area contributed by atoms with Gasteiger partial charge in [0.05, 0.1) is 31.3 Å². The van der Waals surface area contributed by atoms with Crippen molar-refractivity contribution < 1.29 is 9.47 Å². The molecule has 0 unspecified atom stereocenters. The monoisotopic (exact) mass is 511 g/mol. The summed E-state index contributed by atoms with van der Waals surface area (Å²) >= 11 is 8.00.